The molecule has 2 rings (SSSR count). The maximum Gasteiger partial charge on any atom is 0.416 e. The highest BCUT2D eigenvalue weighted by Crippen LogP contribution is 2.27. The number of hydrogen-bond donors (Lipinski definition) is 2. The molecule has 0 spiro atoms. The molecule has 2 N–H and O–H groups in total. The second-order valence-corrected chi connectivity index (χ2v) is 5.73. The average molecular weight is 350 g/mol. The first-order valence-electron chi connectivity index (χ1n) is 8.14. The van der Waals surface area contributed by atoms with Gasteiger partial charge in [0, 0.05) is 11.9 Å². The van der Waals surface area contributed by atoms with Gasteiger partial charge in [0.2, 0.25) is 0 Å². The summed E-state index contributed by atoms with van der Waals surface area (Å²) in [6, 6.07) is 5.39. The fourth-order valence-corrected chi connectivity index (χ4v) is 2.67. The van der Waals surface area contributed by atoms with E-state index in [-0.39, 0.29) is 6.42 Å². The lowest BCUT2D eigenvalue weighted by Crippen LogP contribution is -2.23. The lowest BCUT2D eigenvalue weighted by molar-refractivity contribution is -0.0884. The van der Waals surface area contributed by atoms with Gasteiger partial charge in [-0.2, -0.15) is 13.2 Å². The molecule has 0 atom stereocenters. The van der Waals surface area contributed by atoms with Gasteiger partial charge in [-0.05, 0) is 55.9 Å². The van der Waals surface area contributed by atoms with Gasteiger partial charge >= 0.3 is 12.2 Å². The Labute approximate surface area is 145 Å². The van der Waals surface area contributed by atoms with Gasteiger partial charge < -0.3 is 10.6 Å². The summed E-state index contributed by atoms with van der Waals surface area (Å²) in [6.07, 6.45) is 5.13. The van der Waals surface area contributed by atoms with Crippen molar-refractivity contribution in [3.8, 4) is 0 Å². The Morgan fingerprint density at radius 1 is 1.24 bits per heavy atom. The third-order valence-corrected chi connectivity index (χ3v) is 3.84. The Morgan fingerprint density at radius 2 is 2.00 bits per heavy atom. The van der Waals surface area contributed by atoms with Crippen molar-refractivity contribution in [3.05, 3.63) is 65.4 Å². The fourth-order valence-electron chi connectivity index (χ4n) is 2.67. The smallest absolute Gasteiger partial charge is 0.315 e. The molecule has 1 aliphatic rings. The number of aryl methyl sites for hydroxylation is 2. The fraction of sp³-hybridized carbons (Fsp3) is 0.316. The molecule has 134 valence electrons. The number of fused-ring (bicyclic) bond motifs is 1. The number of hydrogen-bond acceptors (Lipinski definition) is 1. The van der Waals surface area contributed by atoms with Crippen LogP contribution in [0.15, 0.2) is 54.3 Å². The first-order chi connectivity index (χ1) is 11.9. The Bertz CT molecular complexity index is 703. The standard InChI is InChI=1S/C19H21F3N2O/c1-2-6-16(19(20,21)22)9-3-4-12-23-18(25)24-17-11-10-14-7-5-8-15(14)13-17/h2,4,6,9-13H,3,5,7-8H2,1H3,(H2,23,24,25)/b6-2-,12-4+,16-9?. The van der Waals surface area contributed by atoms with Crippen LogP contribution in [-0.2, 0) is 12.8 Å². The van der Waals surface area contributed by atoms with Gasteiger partial charge in [-0.25, -0.2) is 4.79 Å². The number of rotatable bonds is 5. The van der Waals surface area contributed by atoms with E-state index in [1.54, 1.807) is 0 Å². The third-order valence-electron chi connectivity index (χ3n) is 3.84. The topological polar surface area (TPSA) is 41.1 Å². The van der Waals surface area contributed by atoms with Crippen LogP contribution < -0.4 is 10.6 Å². The zero-order chi connectivity index (χ0) is 18.3. The Kier molecular flexibility index (Phi) is 6.44. The normalized spacial score (nSPS) is 15.0. The number of anilines is 1. The highest BCUT2D eigenvalue weighted by Gasteiger charge is 2.30. The van der Waals surface area contributed by atoms with E-state index < -0.39 is 17.8 Å². The van der Waals surface area contributed by atoms with Crippen molar-refractivity contribution in [1.82, 2.24) is 5.32 Å². The molecule has 0 bridgehead atoms. The molecule has 25 heavy (non-hydrogen) atoms. The maximum absolute atomic E-state index is 12.7. The van der Waals surface area contributed by atoms with E-state index in [0.29, 0.717) is 5.69 Å². The lowest BCUT2D eigenvalue weighted by Gasteiger charge is -2.07. The molecule has 1 aromatic rings. The van der Waals surface area contributed by atoms with E-state index in [1.807, 2.05) is 18.2 Å². The van der Waals surface area contributed by atoms with Gasteiger partial charge in [0.1, 0.15) is 0 Å². The van der Waals surface area contributed by atoms with Gasteiger partial charge in [-0.15, -0.1) is 0 Å². The SMILES string of the molecule is C/C=C\C(=CC/C=C/NC(=O)Nc1ccc2c(c1)CCC2)C(F)(F)F. The molecule has 1 aromatic carbocycles. The largest absolute Gasteiger partial charge is 0.416 e. The molecule has 0 heterocycles. The summed E-state index contributed by atoms with van der Waals surface area (Å²) in [5.41, 5.74) is 2.57. The van der Waals surface area contributed by atoms with Crippen LogP contribution in [0, 0.1) is 0 Å². The summed E-state index contributed by atoms with van der Waals surface area (Å²) in [7, 11) is 0. The van der Waals surface area contributed by atoms with Crippen LogP contribution >= 0.6 is 0 Å². The molecule has 0 saturated carbocycles. The highest BCUT2D eigenvalue weighted by atomic mass is 19.4. The molecule has 0 aromatic heterocycles. The highest BCUT2D eigenvalue weighted by molar-refractivity contribution is 5.90. The van der Waals surface area contributed by atoms with Gasteiger partial charge in [0.05, 0.1) is 5.57 Å². The number of amides is 2. The predicted molar refractivity (Wildman–Crippen MR) is 93.3 cm³/mol. The van der Waals surface area contributed by atoms with E-state index >= 15 is 0 Å². The molecule has 2 amide bonds. The van der Waals surface area contributed by atoms with Gasteiger partial charge in [0.25, 0.3) is 0 Å². The number of urea groups is 1. The molecule has 0 unspecified atom stereocenters. The minimum absolute atomic E-state index is 0.0678. The van der Waals surface area contributed by atoms with Crippen LogP contribution in [0.2, 0.25) is 0 Å². The van der Waals surface area contributed by atoms with Crippen LogP contribution in [-0.4, -0.2) is 12.2 Å². The molecule has 0 saturated heterocycles. The van der Waals surface area contributed by atoms with Crippen LogP contribution in [0.3, 0.4) is 0 Å². The van der Waals surface area contributed by atoms with Crippen LogP contribution in [0.25, 0.3) is 0 Å². The van der Waals surface area contributed by atoms with Gasteiger partial charge in [-0.1, -0.05) is 30.4 Å². The lowest BCUT2D eigenvalue weighted by atomic mass is 10.1. The number of nitrogens with one attached hydrogen (secondary N) is 2. The van der Waals surface area contributed by atoms with Gasteiger partial charge in [0.15, 0.2) is 0 Å². The summed E-state index contributed by atoms with van der Waals surface area (Å²) in [6.45, 7) is 1.53. The molecular formula is C19H21F3N2O. The van der Waals surface area contributed by atoms with Crippen molar-refractivity contribution >= 4 is 11.7 Å². The maximum atomic E-state index is 12.7. The number of carbonyl (C=O) groups is 1. The van der Waals surface area contributed by atoms with E-state index in [0.717, 1.165) is 31.4 Å². The molecule has 0 aliphatic heterocycles. The summed E-state index contributed by atoms with van der Waals surface area (Å²) < 4.78 is 38.0. The Morgan fingerprint density at radius 3 is 2.72 bits per heavy atom. The monoisotopic (exact) mass is 350 g/mol. The molecular weight excluding hydrogens is 329 g/mol. The van der Waals surface area contributed by atoms with Crippen LogP contribution in [0.4, 0.5) is 23.7 Å². The van der Waals surface area contributed by atoms with Crippen molar-refractivity contribution < 1.29 is 18.0 Å². The minimum Gasteiger partial charge on any atom is -0.315 e. The number of halogens is 3. The zero-order valence-electron chi connectivity index (χ0n) is 14.0. The third kappa shape index (κ3) is 5.81. The van der Waals surface area contributed by atoms with Crippen molar-refractivity contribution in [2.24, 2.45) is 0 Å². The summed E-state index contributed by atoms with van der Waals surface area (Å²) in [5.74, 6) is 0. The molecule has 6 heteroatoms. The van der Waals surface area contributed by atoms with Crippen molar-refractivity contribution in [2.45, 2.75) is 38.8 Å². The number of benzene rings is 1. The first-order valence-corrected chi connectivity index (χ1v) is 8.14. The van der Waals surface area contributed by atoms with E-state index in [4.69, 9.17) is 0 Å². The quantitative estimate of drug-likeness (QED) is 0.698. The summed E-state index contributed by atoms with van der Waals surface area (Å²) in [5, 5.41) is 5.19. The van der Waals surface area contributed by atoms with E-state index in [9.17, 15) is 18.0 Å². The molecule has 0 radical (unpaired) electrons. The van der Waals surface area contributed by atoms with Gasteiger partial charge in [-0.3, -0.25) is 0 Å². The summed E-state index contributed by atoms with van der Waals surface area (Å²) in [4.78, 5) is 11.8. The first kappa shape index (κ1) is 18.8. The average Bonchev–Trinajstić information content (AvgIpc) is 3.00. The second-order valence-electron chi connectivity index (χ2n) is 5.73. The van der Waals surface area contributed by atoms with E-state index in [2.05, 4.69) is 10.6 Å². The number of alkyl halides is 3. The predicted octanol–water partition coefficient (Wildman–Crippen LogP) is 5.27. The van der Waals surface area contributed by atoms with Crippen LogP contribution in [0.1, 0.15) is 30.9 Å². The molecule has 3 nitrogen and oxygen atoms in total. The van der Waals surface area contributed by atoms with Crippen LogP contribution in [0.5, 0.6) is 0 Å². The minimum atomic E-state index is -4.38. The second kappa shape index (κ2) is 8.55. The van der Waals surface area contributed by atoms with Crippen molar-refractivity contribution in [3.63, 3.8) is 0 Å². The molecule has 0 fully saturated rings. The van der Waals surface area contributed by atoms with Crippen molar-refractivity contribution in [1.29, 1.82) is 0 Å². The molecule has 1 aliphatic carbocycles. The number of carbonyl (C=O) groups excluding carboxylic acids is 1. The Hall–Kier alpha value is -2.50. The van der Waals surface area contributed by atoms with Crippen molar-refractivity contribution in [2.75, 3.05) is 5.32 Å². The number of allylic oxidation sites excluding steroid dienone is 5. The zero-order valence-corrected chi connectivity index (χ0v) is 14.0. The van der Waals surface area contributed by atoms with E-state index in [1.165, 1.54) is 36.4 Å². The Balaban J connectivity index is 1.82. The summed E-state index contributed by atoms with van der Waals surface area (Å²) >= 11 is 0.